The fourth-order valence-electron chi connectivity index (χ4n) is 4.22. The Morgan fingerprint density at radius 2 is 2.07 bits per heavy atom. The van der Waals surface area contributed by atoms with Crippen molar-refractivity contribution < 1.29 is 14.2 Å². The number of methoxy groups -OCH3 is 2. The monoisotopic (exact) mass is 383 g/mol. The van der Waals surface area contributed by atoms with Crippen LogP contribution in [0.4, 0.5) is 5.82 Å². The van der Waals surface area contributed by atoms with E-state index >= 15 is 0 Å². The van der Waals surface area contributed by atoms with E-state index in [0.717, 1.165) is 62.8 Å². The molecule has 0 spiro atoms. The van der Waals surface area contributed by atoms with Crippen molar-refractivity contribution in [2.75, 3.05) is 45.4 Å². The molecule has 0 amide bonds. The van der Waals surface area contributed by atoms with E-state index < -0.39 is 0 Å². The molecule has 0 bridgehead atoms. The Bertz CT molecular complexity index is 784. The Kier molecular flexibility index (Phi) is 5.98. The van der Waals surface area contributed by atoms with Crippen LogP contribution < -0.4 is 19.7 Å². The molecule has 6 nitrogen and oxygen atoms in total. The van der Waals surface area contributed by atoms with Crippen molar-refractivity contribution in [2.45, 2.75) is 31.4 Å². The highest BCUT2D eigenvalue weighted by Gasteiger charge is 2.28. The van der Waals surface area contributed by atoms with Crippen molar-refractivity contribution in [1.82, 2.24) is 10.3 Å². The third kappa shape index (κ3) is 4.08. The van der Waals surface area contributed by atoms with Gasteiger partial charge < -0.3 is 24.4 Å². The summed E-state index contributed by atoms with van der Waals surface area (Å²) in [7, 11) is 3.37. The molecule has 150 valence electrons. The summed E-state index contributed by atoms with van der Waals surface area (Å²) in [6.07, 6.45) is 4.86. The van der Waals surface area contributed by atoms with Gasteiger partial charge in [0.2, 0.25) is 0 Å². The maximum atomic E-state index is 6.28. The first-order valence-electron chi connectivity index (χ1n) is 10.0. The summed E-state index contributed by atoms with van der Waals surface area (Å²) >= 11 is 0. The lowest BCUT2D eigenvalue weighted by atomic mass is 9.94. The molecular formula is C22H29N3O3. The summed E-state index contributed by atoms with van der Waals surface area (Å²) in [6.45, 7) is 3.63. The molecule has 1 aromatic heterocycles. The molecule has 2 atom stereocenters. The second kappa shape index (κ2) is 8.80. The minimum absolute atomic E-state index is 0.0542. The van der Waals surface area contributed by atoms with Crippen LogP contribution in [0.5, 0.6) is 11.5 Å². The average molecular weight is 383 g/mol. The van der Waals surface area contributed by atoms with Crippen LogP contribution in [0.25, 0.3) is 0 Å². The summed E-state index contributed by atoms with van der Waals surface area (Å²) < 4.78 is 17.3. The van der Waals surface area contributed by atoms with Gasteiger partial charge in [-0.3, -0.25) is 0 Å². The van der Waals surface area contributed by atoms with Crippen LogP contribution in [0.1, 0.15) is 30.1 Å². The minimum Gasteiger partial charge on any atom is -0.493 e. The van der Waals surface area contributed by atoms with E-state index in [1.54, 1.807) is 14.2 Å². The summed E-state index contributed by atoms with van der Waals surface area (Å²) in [4.78, 5) is 6.87. The molecule has 0 saturated carbocycles. The Morgan fingerprint density at radius 1 is 1.21 bits per heavy atom. The molecule has 1 aromatic carbocycles. The highest BCUT2D eigenvalue weighted by atomic mass is 16.5. The molecule has 4 rings (SSSR count). The van der Waals surface area contributed by atoms with E-state index in [1.807, 2.05) is 18.3 Å². The normalized spacial score (nSPS) is 22.3. The maximum Gasteiger partial charge on any atom is 0.161 e. The third-order valence-corrected chi connectivity index (χ3v) is 5.63. The highest BCUT2D eigenvalue weighted by Crippen LogP contribution is 2.38. The number of hydrogen-bond donors (Lipinski definition) is 1. The van der Waals surface area contributed by atoms with Crippen LogP contribution in [-0.4, -0.2) is 51.5 Å². The molecule has 0 aliphatic carbocycles. The van der Waals surface area contributed by atoms with E-state index in [9.17, 15) is 0 Å². The molecule has 2 aliphatic rings. The zero-order valence-electron chi connectivity index (χ0n) is 16.7. The number of pyridine rings is 1. The number of piperazine rings is 1. The van der Waals surface area contributed by atoms with Crippen molar-refractivity contribution >= 4 is 5.82 Å². The Balaban J connectivity index is 1.53. The fraction of sp³-hybridized carbons (Fsp3) is 0.500. The van der Waals surface area contributed by atoms with Crippen LogP contribution in [-0.2, 0) is 11.2 Å². The van der Waals surface area contributed by atoms with Gasteiger partial charge in [0, 0.05) is 38.5 Å². The van der Waals surface area contributed by atoms with Gasteiger partial charge in [-0.15, -0.1) is 0 Å². The van der Waals surface area contributed by atoms with Gasteiger partial charge in [-0.05, 0) is 54.7 Å². The van der Waals surface area contributed by atoms with Gasteiger partial charge in [0.1, 0.15) is 5.82 Å². The minimum atomic E-state index is 0.0542. The topological polar surface area (TPSA) is 55.9 Å². The largest absolute Gasteiger partial charge is 0.493 e. The lowest BCUT2D eigenvalue weighted by molar-refractivity contribution is 0.0426. The fourth-order valence-corrected chi connectivity index (χ4v) is 4.22. The number of anilines is 1. The number of aryl methyl sites for hydroxylation is 1. The maximum absolute atomic E-state index is 6.28. The molecule has 1 N–H and O–H groups in total. The summed E-state index contributed by atoms with van der Waals surface area (Å²) in [5, 5.41) is 3.66. The summed E-state index contributed by atoms with van der Waals surface area (Å²) in [5.41, 5.74) is 2.53. The van der Waals surface area contributed by atoms with Crippen molar-refractivity contribution in [3.8, 4) is 11.5 Å². The van der Waals surface area contributed by atoms with E-state index in [-0.39, 0.29) is 6.10 Å². The van der Waals surface area contributed by atoms with Crippen molar-refractivity contribution in [1.29, 1.82) is 0 Å². The molecule has 6 heteroatoms. The molecule has 2 unspecified atom stereocenters. The van der Waals surface area contributed by atoms with Gasteiger partial charge in [-0.25, -0.2) is 4.98 Å². The molecule has 1 fully saturated rings. The number of aromatic nitrogens is 1. The lowest BCUT2D eigenvalue weighted by Crippen LogP contribution is -2.51. The van der Waals surface area contributed by atoms with Gasteiger partial charge in [-0.1, -0.05) is 6.07 Å². The molecular weight excluding hydrogens is 354 g/mol. The van der Waals surface area contributed by atoms with Gasteiger partial charge in [-0.2, -0.15) is 0 Å². The molecule has 3 heterocycles. The van der Waals surface area contributed by atoms with Crippen LogP contribution in [0, 0.1) is 0 Å². The molecule has 1 saturated heterocycles. The van der Waals surface area contributed by atoms with E-state index in [4.69, 9.17) is 14.2 Å². The Morgan fingerprint density at radius 3 is 2.86 bits per heavy atom. The predicted octanol–water partition coefficient (Wildman–Crippen LogP) is 2.97. The van der Waals surface area contributed by atoms with E-state index in [0.29, 0.717) is 6.04 Å². The molecule has 2 aromatic rings. The second-order valence-electron chi connectivity index (χ2n) is 7.39. The first kappa shape index (κ1) is 19.0. The summed E-state index contributed by atoms with van der Waals surface area (Å²) in [5.74, 6) is 2.60. The van der Waals surface area contributed by atoms with Gasteiger partial charge in [0.15, 0.2) is 11.5 Å². The standard InChI is InChI=1S/C22H29N3O3/c1-26-20-12-16-6-5-11-28-19(18(16)14-21(20)27-2)13-17-15-25(10-9-23-17)22-7-3-4-8-24-22/h3-4,7-8,12,14,17,19,23H,5-6,9-11,13,15H2,1-2H3. The van der Waals surface area contributed by atoms with Gasteiger partial charge in [0.05, 0.1) is 20.3 Å². The van der Waals surface area contributed by atoms with Crippen molar-refractivity contribution in [3.63, 3.8) is 0 Å². The van der Waals surface area contributed by atoms with Crippen molar-refractivity contribution in [2.24, 2.45) is 0 Å². The predicted molar refractivity (Wildman–Crippen MR) is 109 cm³/mol. The zero-order valence-corrected chi connectivity index (χ0v) is 16.7. The number of nitrogens with one attached hydrogen (secondary N) is 1. The quantitative estimate of drug-likeness (QED) is 0.857. The van der Waals surface area contributed by atoms with Gasteiger partial charge >= 0.3 is 0 Å². The van der Waals surface area contributed by atoms with Crippen LogP contribution in [0.15, 0.2) is 36.5 Å². The van der Waals surface area contributed by atoms with Crippen LogP contribution >= 0.6 is 0 Å². The first-order chi connectivity index (χ1) is 13.8. The molecule has 28 heavy (non-hydrogen) atoms. The lowest BCUT2D eigenvalue weighted by Gasteiger charge is -2.36. The highest BCUT2D eigenvalue weighted by molar-refractivity contribution is 5.48. The molecule has 2 aliphatic heterocycles. The van der Waals surface area contributed by atoms with Crippen molar-refractivity contribution in [3.05, 3.63) is 47.7 Å². The number of nitrogens with zero attached hydrogens (tertiary/aromatic N) is 2. The Labute approximate surface area is 166 Å². The van der Waals surface area contributed by atoms with Crippen LogP contribution in [0.2, 0.25) is 0 Å². The van der Waals surface area contributed by atoms with E-state index in [1.165, 1.54) is 11.1 Å². The second-order valence-corrected chi connectivity index (χ2v) is 7.39. The number of rotatable bonds is 5. The third-order valence-electron chi connectivity index (χ3n) is 5.63. The summed E-state index contributed by atoms with van der Waals surface area (Å²) in [6, 6.07) is 10.6. The number of hydrogen-bond acceptors (Lipinski definition) is 6. The average Bonchev–Trinajstić information content (AvgIpc) is 2.95. The SMILES string of the molecule is COc1cc2c(cc1OC)C(CC1CN(c3ccccn3)CCN1)OCCC2. The zero-order chi connectivity index (χ0) is 19.3. The smallest absolute Gasteiger partial charge is 0.161 e. The van der Waals surface area contributed by atoms with E-state index in [2.05, 4.69) is 33.4 Å². The molecule has 0 radical (unpaired) electrons. The number of benzene rings is 1. The number of ether oxygens (including phenoxy) is 3. The van der Waals surface area contributed by atoms with Gasteiger partial charge in [0.25, 0.3) is 0 Å². The van der Waals surface area contributed by atoms with Crippen LogP contribution in [0.3, 0.4) is 0 Å². The number of fused-ring (bicyclic) bond motifs is 1. The Hall–Kier alpha value is -2.31. The first-order valence-corrected chi connectivity index (χ1v) is 10.0.